The van der Waals surface area contributed by atoms with Crippen LogP contribution >= 0.6 is 0 Å². The molecule has 10 rings (SSSR count). The van der Waals surface area contributed by atoms with Crippen molar-refractivity contribution in [3.8, 4) is 0 Å². The number of amides is 1. The molecule has 2 aromatic heterocycles. The number of methoxy groups -OCH3 is 1. The highest BCUT2D eigenvalue weighted by Gasteiger charge is 2.51. The minimum atomic E-state index is -0.556. The zero-order valence-corrected chi connectivity index (χ0v) is 44.7. The number of ether oxygens (including phenoxy) is 1. The number of rotatable bonds is 11. The van der Waals surface area contributed by atoms with E-state index >= 15 is 0 Å². The molecule has 0 bridgehead atoms. The summed E-state index contributed by atoms with van der Waals surface area (Å²) in [6.07, 6.45) is 18.9. The van der Waals surface area contributed by atoms with Gasteiger partial charge in [0.15, 0.2) is 0 Å². The molecule has 0 spiro atoms. The first-order valence-corrected chi connectivity index (χ1v) is 27.4. The van der Waals surface area contributed by atoms with Crippen LogP contribution < -0.4 is 11.1 Å². The van der Waals surface area contributed by atoms with Crippen LogP contribution in [0, 0.1) is 25.7 Å². The van der Waals surface area contributed by atoms with Gasteiger partial charge in [-0.25, -0.2) is 4.79 Å². The second-order valence-electron chi connectivity index (χ2n) is 22.0. The summed E-state index contributed by atoms with van der Waals surface area (Å²) in [7, 11) is 1.44. The molecule has 1 amide bonds. The third kappa shape index (κ3) is 12.2. The Morgan fingerprint density at radius 3 is 1.55 bits per heavy atom. The van der Waals surface area contributed by atoms with E-state index in [9.17, 15) is 19.8 Å². The number of carbonyl (C=O) groups is 2. The second kappa shape index (κ2) is 24.1. The zero-order valence-electron chi connectivity index (χ0n) is 44.7. The lowest BCUT2D eigenvalue weighted by molar-refractivity contribution is -0.0500. The molecule has 9 heteroatoms. The van der Waals surface area contributed by atoms with Crippen LogP contribution in [-0.4, -0.2) is 50.4 Å². The molecule has 0 saturated heterocycles. The van der Waals surface area contributed by atoms with Crippen molar-refractivity contribution in [2.24, 2.45) is 17.6 Å². The van der Waals surface area contributed by atoms with Gasteiger partial charge in [-0.1, -0.05) is 98.8 Å². The molecular weight excluding hydrogens is 917 g/mol. The summed E-state index contributed by atoms with van der Waals surface area (Å²) in [5.41, 5.74) is 17.9. The molecule has 2 saturated carbocycles. The number of benzene rings is 4. The minimum Gasteiger partial charge on any atom is -0.465 e. The average Bonchev–Trinajstić information content (AvgIpc) is 3.69. The van der Waals surface area contributed by atoms with Gasteiger partial charge in [0.05, 0.1) is 23.9 Å². The quantitative estimate of drug-likeness (QED) is 0.0938. The highest BCUT2D eigenvalue weighted by Crippen LogP contribution is 2.56. The molecule has 6 aromatic rings. The summed E-state index contributed by atoms with van der Waals surface area (Å²) in [5.74, 6) is 0.579. The van der Waals surface area contributed by atoms with E-state index in [0.717, 1.165) is 131 Å². The average molecular weight is 997 g/mol. The van der Waals surface area contributed by atoms with Gasteiger partial charge in [-0.3, -0.25) is 14.8 Å². The molecule has 9 nitrogen and oxygen atoms in total. The fourth-order valence-corrected chi connectivity index (χ4v) is 13.3. The SMILES string of the molecule is CC[C@@]1(O)CC[C@@]2(Cc3ccccc3)c3ccc(C(=O)NCc4cccnc4C)cc3CCC[C@H]2C1.CC[C@@]1(O)CC[C@@]2(Cc3ccccc3)c3ccc(C(=O)OC)cc3CCC[C@H]2C1.Cc1ncccc1CN. The van der Waals surface area contributed by atoms with Gasteiger partial charge in [0, 0.05) is 53.3 Å². The van der Waals surface area contributed by atoms with Crippen LogP contribution in [0.1, 0.15) is 168 Å². The zero-order chi connectivity index (χ0) is 52.4. The van der Waals surface area contributed by atoms with E-state index in [0.29, 0.717) is 30.5 Å². The van der Waals surface area contributed by atoms with Crippen LogP contribution in [0.25, 0.3) is 0 Å². The third-order valence-corrected chi connectivity index (χ3v) is 17.8. The van der Waals surface area contributed by atoms with E-state index in [1.807, 2.05) is 50.2 Å². The number of nitrogens with two attached hydrogens (primary N) is 1. The predicted octanol–water partition coefficient (Wildman–Crippen LogP) is 12.2. The Morgan fingerprint density at radius 1 is 0.635 bits per heavy atom. The summed E-state index contributed by atoms with van der Waals surface area (Å²) < 4.78 is 4.96. The molecular formula is C65H80N4O5. The van der Waals surface area contributed by atoms with Crippen molar-refractivity contribution >= 4 is 11.9 Å². The van der Waals surface area contributed by atoms with E-state index in [2.05, 4.69) is 114 Å². The molecule has 4 aliphatic carbocycles. The smallest absolute Gasteiger partial charge is 0.337 e. The Bertz CT molecular complexity index is 2840. The summed E-state index contributed by atoms with van der Waals surface area (Å²) in [5, 5.41) is 25.5. The Balaban J connectivity index is 0.000000171. The van der Waals surface area contributed by atoms with Crippen LogP contribution in [-0.2, 0) is 54.3 Å². The monoisotopic (exact) mass is 997 g/mol. The maximum atomic E-state index is 13.1. The maximum absolute atomic E-state index is 13.1. The van der Waals surface area contributed by atoms with Gasteiger partial charge >= 0.3 is 5.97 Å². The molecule has 6 atom stereocenters. The van der Waals surface area contributed by atoms with Gasteiger partial charge < -0.3 is 26.0 Å². The van der Waals surface area contributed by atoms with E-state index < -0.39 is 11.2 Å². The van der Waals surface area contributed by atoms with Crippen molar-refractivity contribution < 1.29 is 24.5 Å². The number of pyridine rings is 2. The van der Waals surface area contributed by atoms with Crippen LogP contribution in [0.3, 0.4) is 0 Å². The number of fused-ring (bicyclic) bond motifs is 6. The number of nitrogens with zero attached hydrogens (tertiary/aromatic N) is 2. The molecule has 5 N–H and O–H groups in total. The van der Waals surface area contributed by atoms with E-state index in [1.54, 1.807) is 12.4 Å². The Kier molecular flexibility index (Phi) is 17.7. The van der Waals surface area contributed by atoms with Crippen molar-refractivity contribution in [2.45, 2.75) is 166 Å². The lowest BCUT2D eigenvalue weighted by atomic mass is 9.55. The number of aliphatic hydroxyl groups is 2. The second-order valence-corrected chi connectivity index (χ2v) is 22.0. The van der Waals surface area contributed by atoms with Crippen molar-refractivity contribution in [1.82, 2.24) is 15.3 Å². The summed E-state index contributed by atoms with van der Waals surface area (Å²) in [6.45, 7) is 9.22. The predicted molar refractivity (Wildman–Crippen MR) is 296 cm³/mol. The normalized spacial score (nSPS) is 24.8. The van der Waals surface area contributed by atoms with Crippen LogP contribution in [0.2, 0.25) is 0 Å². The van der Waals surface area contributed by atoms with E-state index in [4.69, 9.17) is 10.5 Å². The number of hydrogen-bond donors (Lipinski definition) is 4. The molecule has 4 aromatic carbocycles. The Morgan fingerprint density at radius 2 is 1.11 bits per heavy atom. The van der Waals surface area contributed by atoms with Gasteiger partial charge in [-0.15, -0.1) is 0 Å². The minimum absolute atomic E-state index is 0.00356. The molecule has 2 fully saturated rings. The Hall–Kier alpha value is -6.00. The van der Waals surface area contributed by atoms with Crippen molar-refractivity contribution in [1.29, 1.82) is 0 Å². The Labute approximate surface area is 440 Å². The third-order valence-electron chi connectivity index (χ3n) is 17.8. The first-order chi connectivity index (χ1) is 35.8. The van der Waals surface area contributed by atoms with Crippen LogP contribution in [0.4, 0.5) is 0 Å². The molecule has 74 heavy (non-hydrogen) atoms. The number of hydrogen-bond acceptors (Lipinski definition) is 8. The van der Waals surface area contributed by atoms with E-state index in [1.165, 1.54) is 40.5 Å². The lowest BCUT2D eigenvalue weighted by Gasteiger charge is -2.50. The van der Waals surface area contributed by atoms with Crippen molar-refractivity contribution in [2.75, 3.05) is 7.11 Å². The number of aryl methyl sites for hydroxylation is 4. The first-order valence-electron chi connectivity index (χ1n) is 27.4. The van der Waals surface area contributed by atoms with Gasteiger partial charge in [-0.05, 0) is 209 Å². The number of esters is 1. The summed E-state index contributed by atoms with van der Waals surface area (Å²) >= 11 is 0. The van der Waals surface area contributed by atoms with Gasteiger partial charge in [0.1, 0.15) is 0 Å². The fraction of sp³-hybridized carbons (Fsp3) is 0.446. The topological polar surface area (TPSA) is 148 Å². The molecule has 0 aliphatic heterocycles. The van der Waals surface area contributed by atoms with Gasteiger partial charge in [0.25, 0.3) is 5.91 Å². The van der Waals surface area contributed by atoms with E-state index in [-0.39, 0.29) is 22.7 Å². The fourth-order valence-electron chi connectivity index (χ4n) is 13.3. The number of aromatic nitrogens is 2. The molecule has 0 unspecified atom stereocenters. The number of nitrogens with one attached hydrogen (secondary N) is 1. The van der Waals surface area contributed by atoms with Crippen molar-refractivity contribution in [3.63, 3.8) is 0 Å². The van der Waals surface area contributed by atoms with Crippen molar-refractivity contribution in [3.05, 3.63) is 201 Å². The summed E-state index contributed by atoms with van der Waals surface area (Å²) in [4.78, 5) is 33.6. The maximum Gasteiger partial charge on any atom is 0.337 e. The molecule has 0 radical (unpaired) electrons. The number of carbonyl (C=O) groups excluding carboxylic acids is 2. The van der Waals surface area contributed by atoms with Gasteiger partial charge in [-0.2, -0.15) is 0 Å². The molecule has 2 heterocycles. The highest BCUT2D eigenvalue weighted by atomic mass is 16.5. The van der Waals surface area contributed by atoms with Gasteiger partial charge in [0.2, 0.25) is 0 Å². The lowest BCUT2D eigenvalue weighted by Crippen LogP contribution is -2.48. The molecule has 390 valence electrons. The standard InChI is InChI=1S/C32H38N2O2.C26H32O3.C7H10N2/c1-3-31(36)16-17-32(20-24-9-5-4-6-10-24)28(21-31)13-7-11-25-19-26(14-15-29(25)32)30(35)34-22-27-12-8-18-33-23(27)2;1-3-25(28)14-15-26(17-19-8-5-4-6-9-19)22(18-25)11-7-10-20-16-21(24(27)29-2)12-13-23(20)26;1-6-7(5-8)3-2-4-9-6/h4-6,8-10,12,14-15,18-19,28,36H,3,7,11,13,16-17,20-22H2,1-2H3,(H,34,35);4-6,8-9,12-13,16,22,28H,3,7,10-11,14-15,17-18H2,1-2H3;2-4H,5,8H2,1H3/t28-,31+,32-;22-,25+,26-;/m00./s1. The summed E-state index contributed by atoms with van der Waals surface area (Å²) in [6, 6.07) is 41.9. The van der Waals surface area contributed by atoms with Crippen LogP contribution in [0.15, 0.2) is 134 Å². The molecule has 4 aliphatic rings. The largest absolute Gasteiger partial charge is 0.465 e. The van der Waals surface area contributed by atoms with Crippen LogP contribution in [0.5, 0.6) is 0 Å². The highest BCUT2D eigenvalue weighted by molar-refractivity contribution is 5.94. The first kappa shape index (κ1) is 54.3.